The Morgan fingerprint density at radius 1 is 1.59 bits per heavy atom. The molecule has 0 aliphatic rings. The van der Waals surface area contributed by atoms with E-state index in [-0.39, 0.29) is 18.4 Å². The fourth-order valence-corrected chi connectivity index (χ4v) is 1.32. The van der Waals surface area contributed by atoms with Crippen LogP contribution in [-0.4, -0.2) is 42.9 Å². The first-order chi connectivity index (χ1) is 7.84. The van der Waals surface area contributed by atoms with E-state index in [0.717, 1.165) is 6.42 Å². The van der Waals surface area contributed by atoms with E-state index in [1.165, 1.54) is 0 Å². The van der Waals surface area contributed by atoms with Crippen LogP contribution in [0.4, 0.5) is 0 Å². The van der Waals surface area contributed by atoms with Crippen LogP contribution in [0.25, 0.3) is 0 Å². The molecule has 0 rings (SSSR count). The van der Waals surface area contributed by atoms with E-state index >= 15 is 0 Å². The molecule has 4 N–H and O–H groups in total. The number of ether oxygens (including phenoxy) is 1. The summed E-state index contributed by atoms with van der Waals surface area (Å²) in [5.41, 5.74) is 4.82. The minimum absolute atomic E-state index is 0.138. The Labute approximate surface area is 104 Å². The summed E-state index contributed by atoms with van der Waals surface area (Å²) in [4.78, 5) is 11.7. The summed E-state index contributed by atoms with van der Waals surface area (Å²) in [6, 6.07) is -0.516. The molecule has 2 unspecified atom stereocenters. The van der Waals surface area contributed by atoms with E-state index < -0.39 is 11.6 Å². The highest BCUT2D eigenvalue weighted by Gasteiger charge is 2.24. The topological polar surface area (TPSA) is 84.6 Å². The molecule has 0 saturated carbocycles. The van der Waals surface area contributed by atoms with Gasteiger partial charge in [-0.25, -0.2) is 0 Å². The Morgan fingerprint density at radius 3 is 2.65 bits per heavy atom. The molecule has 0 saturated heterocycles. The van der Waals surface area contributed by atoms with E-state index in [1.54, 1.807) is 14.0 Å². The number of hydrogen-bond donors (Lipinski definition) is 3. The molecule has 0 radical (unpaired) electrons. The fourth-order valence-electron chi connectivity index (χ4n) is 1.32. The molecule has 0 aliphatic carbocycles. The van der Waals surface area contributed by atoms with Crippen molar-refractivity contribution < 1.29 is 14.6 Å². The van der Waals surface area contributed by atoms with Gasteiger partial charge in [-0.3, -0.25) is 4.79 Å². The molecule has 102 valence electrons. The molecule has 5 heteroatoms. The molecule has 5 nitrogen and oxygen atoms in total. The van der Waals surface area contributed by atoms with Crippen LogP contribution >= 0.6 is 0 Å². The van der Waals surface area contributed by atoms with Crippen LogP contribution in [0.3, 0.4) is 0 Å². The SMILES string of the molecule is CCC(C)[C@H](N)C(=O)NCC(C)(O)CCOC. The lowest BCUT2D eigenvalue weighted by Gasteiger charge is -2.25. The van der Waals surface area contributed by atoms with Crippen LogP contribution in [-0.2, 0) is 9.53 Å². The Bertz CT molecular complexity index is 232. The van der Waals surface area contributed by atoms with Crippen molar-refractivity contribution in [2.45, 2.75) is 45.3 Å². The van der Waals surface area contributed by atoms with E-state index in [2.05, 4.69) is 5.32 Å². The van der Waals surface area contributed by atoms with Crippen LogP contribution in [0.5, 0.6) is 0 Å². The summed E-state index contributed by atoms with van der Waals surface area (Å²) < 4.78 is 4.89. The first kappa shape index (κ1) is 16.4. The zero-order valence-electron chi connectivity index (χ0n) is 11.3. The average molecular weight is 246 g/mol. The van der Waals surface area contributed by atoms with Gasteiger partial charge in [0.25, 0.3) is 0 Å². The molecule has 0 aromatic heterocycles. The lowest BCUT2D eigenvalue weighted by molar-refractivity contribution is -0.124. The summed E-state index contributed by atoms with van der Waals surface area (Å²) in [6.07, 6.45) is 1.33. The molecule has 0 aliphatic heterocycles. The van der Waals surface area contributed by atoms with Gasteiger partial charge in [0.2, 0.25) is 5.91 Å². The number of hydrogen-bond acceptors (Lipinski definition) is 4. The first-order valence-electron chi connectivity index (χ1n) is 6.08. The average Bonchev–Trinajstić information content (AvgIpc) is 2.31. The van der Waals surface area contributed by atoms with Crippen molar-refractivity contribution in [1.29, 1.82) is 0 Å². The van der Waals surface area contributed by atoms with Crippen LogP contribution in [0, 0.1) is 5.92 Å². The summed E-state index contributed by atoms with van der Waals surface area (Å²) in [5, 5.41) is 12.6. The van der Waals surface area contributed by atoms with Gasteiger partial charge in [0, 0.05) is 26.7 Å². The maximum absolute atomic E-state index is 11.7. The predicted octanol–water partition coefficient (Wildman–Crippen LogP) is 0.264. The second-order valence-electron chi connectivity index (χ2n) is 4.87. The van der Waals surface area contributed by atoms with Gasteiger partial charge in [-0.2, -0.15) is 0 Å². The van der Waals surface area contributed by atoms with E-state index in [0.29, 0.717) is 13.0 Å². The normalized spacial score (nSPS) is 18.2. The van der Waals surface area contributed by atoms with Gasteiger partial charge in [0.05, 0.1) is 11.6 Å². The van der Waals surface area contributed by atoms with Gasteiger partial charge in [0.15, 0.2) is 0 Å². The van der Waals surface area contributed by atoms with E-state index in [9.17, 15) is 9.90 Å². The van der Waals surface area contributed by atoms with Crippen molar-refractivity contribution in [3.63, 3.8) is 0 Å². The number of amides is 1. The minimum atomic E-state index is -0.957. The Hall–Kier alpha value is -0.650. The largest absolute Gasteiger partial charge is 0.388 e. The molecular formula is C12H26N2O3. The highest BCUT2D eigenvalue weighted by molar-refractivity contribution is 5.81. The monoisotopic (exact) mass is 246 g/mol. The van der Waals surface area contributed by atoms with Crippen molar-refractivity contribution in [3.8, 4) is 0 Å². The van der Waals surface area contributed by atoms with Crippen molar-refractivity contribution in [2.75, 3.05) is 20.3 Å². The van der Waals surface area contributed by atoms with Gasteiger partial charge < -0.3 is 20.9 Å². The molecule has 1 amide bonds. The molecular weight excluding hydrogens is 220 g/mol. The maximum Gasteiger partial charge on any atom is 0.237 e. The number of aliphatic hydroxyl groups is 1. The quantitative estimate of drug-likeness (QED) is 0.573. The number of rotatable bonds is 8. The van der Waals surface area contributed by atoms with E-state index in [4.69, 9.17) is 10.5 Å². The van der Waals surface area contributed by atoms with Crippen molar-refractivity contribution in [2.24, 2.45) is 11.7 Å². The van der Waals surface area contributed by atoms with Crippen LogP contribution in [0.2, 0.25) is 0 Å². The molecule has 0 aromatic rings. The molecule has 0 heterocycles. The van der Waals surface area contributed by atoms with Crippen LogP contribution in [0.1, 0.15) is 33.6 Å². The maximum atomic E-state index is 11.7. The lowest BCUT2D eigenvalue weighted by Crippen LogP contribution is -2.49. The van der Waals surface area contributed by atoms with Crippen molar-refractivity contribution in [1.82, 2.24) is 5.32 Å². The minimum Gasteiger partial charge on any atom is -0.388 e. The third-order valence-corrected chi connectivity index (χ3v) is 3.05. The Morgan fingerprint density at radius 2 is 2.18 bits per heavy atom. The van der Waals surface area contributed by atoms with Gasteiger partial charge in [-0.15, -0.1) is 0 Å². The van der Waals surface area contributed by atoms with Crippen molar-refractivity contribution in [3.05, 3.63) is 0 Å². The number of methoxy groups -OCH3 is 1. The fraction of sp³-hybridized carbons (Fsp3) is 0.917. The second kappa shape index (κ2) is 7.63. The zero-order chi connectivity index (χ0) is 13.5. The lowest BCUT2D eigenvalue weighted by atomic mass is 9.98. The number of carbonyl (C=O) groups excluding carboxylic acids is 1. The Balaban J connectivity index is 4.05. The Kier molecular flexibility index (Phi) is 7.34. The highest BCUT2D eigenvalue weighted by atomic mass is 16.5. The van der Waals surface area contributed by atoms with Gasteiger partial charge in [0.1, 0.15) is 0 Å². The molecule has 3 atom stereocenters. The number of nitrogens with one attached hydrogen (secondary N) is 1. The summed E-state index contributed by atoms with van der Waals surface area (Å²) in [5.74, 6) is -0.0732. The third kappa shape index (κ3) is 6.61. The molecule has 0 spiro atoms. The van der Waals surface area contributed by atoms with Gasteiger partial charge in [-0.05, 0) is 12.8 Å². The summed E-state index contributed by atoms with van der Waals surface area (Å²) in [6.45, 7) is 6.25. The van der Waals surface area contributed by atoms with Crippen LogP contribution in [0.15, 0.2) is 0 Å². The van der Waals surface area contributed by atoms with E-state index in [1.807, 2.05) is 13.8 Å². The van der Waals surface area contributed by atoms with Gasteiger partial charge in [-0.1, -0.05) is 20.3 Å². The third-order valence-electron chi connectivity index (χ3n) is 3.05. The number of carbonyl (C=O) groups is 1. The second-order valence-corrected chi connectivity index (χ2v) is 4.87. The first-order valence-corrected chi connectivity index (χ1v) is 6.08. The van der Waals surface area contributed by atoms with Gasteiger partial charge >= 0.3 is 0 Å². The predicted molar refractivity (Wildman–Crippen MR) is 67.6 cm³/mol. The zero-order valence-corrected chi connectivity index (χ0v) is 11.3. The standard InChI is InChI=1S/C12H26N2O3/c1-5-9(2)10(13)11(15)14-8-12(3,16)6-7-17-4/h9-10,16H,5-8,13H2,1-4H3,(H,14,15)/t9?,10-,12?/m0/s1. The molecule has 0 bridgehead atoms. The number of nitrogens with two attached hydrogens (primary N) is 1. The smallest absolute Gasteiger partial charge is 0.237 e. The van der Waals surface area contributed by atoms with Crippen molar-refractivity contribution >= 4 is 5.91 Å². The molecule has 0 aromatic carbocycles. The molecule has 17 heavy (non-hydrogen) atoms. The molecule has 0 fully saturated rings. The summed E-state index contributed by atoms with van der Waals surface area (Å²) >= 11 is 0. The van der Waals surface area contributed by atoms with Crippen LogP contribution < -0.4 is 11.1 Å². The summed E-state index contributed by atoms with van der Waals surface area (Å²) in [7, 11) is 1.58. The highest BCUT2D eigenvalue weighted by Crippen LogP contribution is 2.09.